The Morgan fingerprint density at radius 2 is 1.58 bits per heavy atom. The van der Waals surface area contributed by atoms with Crippen LogP contribution in [0.5, 0.6) is 5.75 Å². The molecule has 5 heteroatoms. The third kappa shape index (κ3) is 4.59. The SMILES string of the molecule is COc1ccccc1C(=O)NNC(=O)c1ccc(CC(C)C)cc1. The van der Waals surface area contributed by atoms with E-state index < -0.39 is 5.91 Å². The molecule has 0 aliphatic rings. The number of amides is 2. The highest BCUT2D eigenvalue weighted by Crippen LogP contribution is 2.16. The molecule has 0 aliphatic carbocycles. The first kappa shape index (κ1) is 17.5. The Labute approximate surface area is 142 Å². The summed E-state index contributed by atoms with van der Waals surface area (Å²) in [5.41, 5.74) is 6.84. The molecule has 0 fully saturated rings. The molecule has 0 saturated carbocycles. The van der Waals surface area contributed by atoms with Crippen LogP contribution in [0.3, 0.4) is 0 Å². The number of carbonyl (C=O) groups excluding carboxylic acids is 2. The number of para-hydroxylation sites is 1. The molecule has 2 aromatic rings. The Balaban J connectivity index is 1.96. The minimum absolute atomic E-state index is 0.354. The Morgan fingerprint density at radius 1 is 0.958 bits per heavy atom. The van der Waals surface area contributed by atoms with Crippen LogP contribution in [0.15, 0.2) is 48.5 Å². The highest BCUT2D eigenvalue weighted by Gasteiger charge is 2.13. The van der Waals surface area contributed by atoms with Gasteiger partial charge in [0.15, 0.2) is 0 Å². The average Bonchev–Trinajstić information content (AvgIpc) is 2.59. The number of hydrazine groups is 1. The van der Waals surface area contributed by atoms with E-state index in [4.69, 9.17) is 4.74 Å². The van der Waals surface area contributed by atoms with E-state index in [0.717, 1.165) is 6.42 Å². The van der Waals surface area contributed by atoms with Gasteiger partial charge in [-0.3, -0.25) is 20.4 Å². The molecule has 2 amide bonds. The van der Waals surface area contributed by atoms with Gasteiger partial charge in [-0.25, -0.2) is 0 Å². The van der Waals surface area contributed by atoms with E-state index in [1.54, 1.807) is 36.4 Å². The topological polar surface area (TPSA) is 67.4 Å². The van der Waals surface area contributed by atoms with Crippen LogP contribution in [-0.2, 0) is 6.42 Å². The van der Waals surface area contributed by atoms with Crippen molar-refractivity contribution in [3.63, 3.8) is 0 Å². The van der Waals surface area contributed by atoms with E-state index in [0.29, 0.717) is 22.8 Å². The summed E-state index contributed by atoms with van der Waals surface area (Å²) in [6.07, 6.45) is 0.965. The average molecular weight is 326 g/mol. The van der Waals surface area contributed by atoms with E-state index in [1.807, 2.05) is 12.1 Å². The number of ether oxygens (including phenoxy) is 1. The number of hydrogen-bond acceptors (Lipinski definition) is 3. The lowest BCUT2D eigenvalue weighted by Gasteiger charge is -2.10. The molecule has 0 aliphatic heterocycles. The van der Waals surface area contributed by atoms with Crippen LogP contribution >= 0.6 is 0 Å². The van der Waals surface area contributed by atoms with E-state index >= 15 is 0 Å². The largest absolute Gasteiger partial charge is 0.496 e. The predicted octanol–water partition coefficient (Wildman–Crippen LogP) is 2.97. The van der Waals surface area contributed by atoms with Gasteiger partial charge in [-0.2, -0.15) is 0 Å². The molecule has 2 rings (SSSR count). The van der Waals surface area contributed by atoms with Gasteiger partial charge in [-0.05, 0) is 42.2 Å². The van der Waals surface area contributed by atoms with Gasteiger partial charge in [-0.15, -0.1) is 0 Å². The second-order valence-electron chi connectivity index (χ2n) is 5.90. The van der Waals surface area contributed by atoms with Crippen molar-refractivity contribution in [1.29, 1.82) is 0 Å². The van der Waals surface area contributed by atoms with E-state index in [2.05, 4.69) is 24.7 Å². The second-order valence-corrected chi connectivity index (χ2v) is 5.90. The first-order chi connectivity index (χ1) is 11.5. The highest BCUT2D eigenvalue weighted by atomic mass is 16.5. The Kier molecular flexibility index (Phi) is 5.95. The van der Waals surface area contributed by atoms with Crippen molar-refractivity contribution in [3.8, 4) is 5.75 Å². The van der Waals surface area contributed by atoms with Crippen molar-refractivity contribution in [2.75, 3.05) is 7.11 Å². The molecule has 0 heterocycles. The van der Waals surface area contributed by atoms with Gasteiger partial charge in [0.25, 0.3) is 11.8 Å². The van der Waals surface area contributed by atoms with Crippen LogP contribution in [0.1, 0.15) is 40.1 Å². The molecule has 0 unspecified atom stereocenters. The number of rotatable bonds is 5. The van der Waals surface area contributed by atoms with Crippen molar-refractivity contribution in [2.45, 2.75) is 20.3 Å². The molecule has 0 atom stereocenters. The maximum Gasteiger partial charge on any atom is 0.273 e. The third-order valence-electron chi connectivity index (χ3n) is 3.50. The Bertz CT molecular complexity index is 709. The van der Waals surface area contributed by atoms with E-state index in [-0.39, 0.29) is 5.91 Å². The summed E-state index contributed by atoms with van der Waals surface area (Å²) in [5.74, 6) is 0.207. The smallest absolute Gasteiger partial charge is 0.273 e. The van der Waals surface area contributed by atoms with Crippen LogP contribution in [0.25, 0.3) is 0 Å². The minimum atomic E-state index is -0.433. The zero-order valence-electron chi connectivity index (χ0n) is 14.1. The Morgan fingerprint density at radius 3 is 2.21 bits per heavy atom. The fourth-order valence-corrected chi connectivity index (χ4v) is 2.35. The molecular formula is C19H22N2O3. The molecule has 0 radical (unpaired) electrons. The van der Waals surface area contributed by atoms with E-state index in [1.165, 1.54) is 12.7 Å². The molecular weight excluding hydrogens is 304 g/mol. The highest BCUT2D eigenvalue weighted by molar-refractivity contribution is 6.00. The normalized spacial score (nSPS) is 10.3. The van der Waals surface area contributed by atoms with Crippen LogP contribution in [0.4, 0.5) is 0 Å². The molecule has 2 N–H and O–H groups in total. The Hall–Kier alpha value is -2.82. The third-order valence-corrected chi connectivity index (χ3v) is 3.50. The standard InChI is InChI=1S/C19H22N2O3/c1-13(2)12-14-8-10-15(11-9-14)18(22)20-21-19(23)16-6-4-5-7-17(16)24-3/h4-11,13H,12H2,1-3H3,(H,20,22)(H,21,23). The zero-order chi connectivity index (χ0) is 17.5. The predicted molar refractivity (Wildman–Crippen MR) is 92.9 cm³/mol. The summed E-state index contributed by atoms with van der Waals surface area (Å²) >= 11 is 0. The maximum absolute atomic E-state index is 12.1. The first-order valence-electron chi connectivity index (χ1n) is 7.84. The quantitative estimate of drug-likeness (QED) is 0.830. The maximum atomic E-state index is 12.1. The van der Waals surface area contributed by atoms with Gasteiger partial charge >= 0.3 is 0 Å². The van der Waals surface area contributed by atoms with Crippen LogP contribution < -0.4 is 15.6 Å². The minimum Gasteiger partial charge on any atom is -0.496 e. The van der Waals surface area contributed by atoms with Crippen LogP contribution in [0, 0.1) is 5.92 Å². The molecule has 126 valence electrons. The van der Waals surface area contributed by atoms with Crippen molar-refractivity contribution >= 4 is 11.8 Å². The van der Waals surface area contributed by atoms with Gasteiger partial charge < -0.3 is 4.74 Å². The lowest BCUT2D eigenvalue weighted by Crippen LogP contribution is -2.41. The van der Waals surface area contributed by atoms with Gasteiger partial charge in [0.2, 0.25) is 0 Å². The molecule has 2 aromatic carbocycles. The fourth-order valence-electron chi connectivity index (χ4n) is 2.35. The number of carbonyl (C=O) groups is 2. The van der Waals surface area contributed by atoms with E-state index in [9.17, 15) is 9.59 Å². The number of methoxy groups -OCH3 is 1. The summed E-state index contributed by atoms with van der Waals surface area (Å²) in [6, 6.07) is 14.2. The van der Waals surface area contributed by atoms with Crippen molar-refractivity contribution in [1.82, 2.24) is 10.9 Å². The molecule has 5 nitrogen and oxygen atoms in total. The summed E-state index contributed by atoms with van der Waals surface area (Å²) in [4.78, 5) is 24.2. The van der Waals surface area contributed by atoms with Crippen molar-refractivity contribution in [3.05, 3.63) is 65.2 Å². The molecule has 0 saturated heterocycles. The van der Waals surface area contributed by atoms with Crippen molar-refractivity contribution in [2.24, 2.45) is 5.92 Å². The zero-order valence-corrected chi connectivity index (χ0v) is 14.1. The number of nitrogens with one attached hydrogen (secondary N) is 2. The summed E-state index contributed by atoms with van der Waals surface area (Å²) in [6.45, 7) is 4.29. The molecule has 0 bridgehead atoms. The summed E-state index contributed by atoms with van der Waals surface area (Å²) in [7, 11) is 1.49. The summed E-state index contributed by atoms with van der Waals surface area (Å²) in [5, 5.41) is 0. The summed E-state index contributed by atoms with van der Waals surface area (Å²) < 4.78 is 5.13. The first-order valence-corrected chi connectivity index (χ1v) is 7.84. The lowest BCUT2D eigenvalue weighted by atomic mass is 10.0. The van der Waals surface area contributed by atoms with Gasteiger partial charge in [0, 0.05) is 5.56 Å². The second kappa shape index (κ2) is 8.15. The van der Waals surface area contributed by atoms with Gasteiger partial charge in [-0.1, -0.05) is 38.1 Å². The van der Waals surface area contributed by atoms with Crippen LogP contribution in [0.2, 0.25) is 0 Å². The monoisotopic (exact) mass is 326 g/mol. The van der Waals surface area contributed by atoms with Gasteiger partial charge in [0.05, 0.1) is 12.7 Å². The fraction of sp³-hybridized carbons (Fsp3) is 0.263. The lowest BCUT2D eigenvalue weighted by molar-refractivity contribution is 0.0845. The van der Waals surface area contributed by atoms with Crippen molar-refractivity contribution < 1.29 is 14.3 Å². The molecule has 0 spiro atoms. The molecule has 0 aromatic heterocycles. The number of hydrogen-bond donors (Lipinski definition) is 2. The van der Waals surface area contributed by atoms with Crippen LogP contribution in [-0.4, -0.2) is 18.9 Å². The molecule has 24 heavy (non-hydrogen) atoms. The number of benzene rings is 2. The van der Waals surface area contributed by atoms with Gasteiger partial charge in [0.1, 0.15) is 5.75 Å².